The van der Waals surface area contributed by atoms with Crippen LogP contribution in [-0.4, -0.2) is 50.5 Å². The Morgan fingerprint density at radius 1 is 1.02 bits per heavy atom. The van der Waals surface area contributed by atoms with Gasteiger partial charge in [-0.3, -0.25) is 9.36 Å². The third kappa shape index (κ3) is 6.47. The molecule has 46 heavy (non-hydrogen) atoms. The fraction of sp³-hybridized carbons (Fsp3) is 0.314. The molecule has 0 aliphatic carbocycles. The monoisotopic (exact) mass is 635 g/mol. The quantitative estimate of drug-likeness (QED) is 0.119. The van der Waals surface area contributed by atoms with E-state index in [2.05, 4.69) is 41.8 Å². The zero-order valence-electron chi connectivity index (χ0n) is 27.3. The summed E-state index contributed by atoms with van der Waals surface area (Å²) in [5.41, 5.74) is 4.99. The van der Waals surface area contributed by atoms with Crippen molar-refractivity contribution in [2.24, 2.45) is 0 Å². The molecule has 0 spiro atoms. The van der Waals surface area contributed by atoms with E-state index in [9.17, 15) is 4.79 Å². The predicted octanol–water partition coefficient (Wildman–Crippen LogP) is 6.62. The normalized spacial score (nSPS) is 12.6. The number of rotatable bonds is 12. The average molecular weight is 636 g/mol. The van der Waals surface area contributed by atoms with Crippen LogP contribution >= 0.6 is 0 Å². The van der Waals surface area contributed by atoms with E-state index in [-0.39, 0.29) is 11.6 Å². The van der Waals surface area contributed by atoms with E-state index in [0.717, 1.165) is 45.2 Å². The van der Waals surface area contributed by atoms with Gasteiger partial charge in [0, 0.05) is 27.1 Å². The van der Waals surface area contributed by atoms with Gasteiger partial charge in [-0.1, -0.05) is 50.0 Å². The number of aryl methyl sites for hydroxylation is 1. The molecule has 4 aromatic heterocycles. The number of ether oxygens (including phenoxy) is 2. The molecule has 1 atom stereocenters. The van der Waals surface area contributed by atoms with Gasteiger partial charge in [0.05, 0.1) is 24.2 Å². The van der Waals surface area contributed by atoms with Gasteiger partial charge in [0.25, 0.3) is 5.56 Å². The van der Waals surface area contributed by atoms with Crippen LogP contribution in [0.5, 0.6) is 5.75 Å². The third-order valence-corrected chi connectivity index (χ3v) is 9.86. The van der Waals surface area contributed by atoms with E-state index in [0.29, 0.717) is 36.9 Å². The summed E-state index contributed by atoms with van der Waals surface area (Å²) in [4.78, 5) is 23.4. The van der Waals surface area contributed by atoms with Crippen LogP contribution in [-0.2, 0) is 17.9 Å². The molecule has 1 unspecified atom stereocenters. The molecule has 0 saturated heterocycles. The minimum absolute atomic E-state index is 0.125. The molecule has 6 aromatic rings. The van der Waals surface area contributed by atoms with Crippen LogP contribution in [0.15, 0.2) is 84.2 Å². The Balaban J connectivity index is 1.42. The van der Waals surface area contributed by atoms with Crippen molar-refractivity contribution in [2.45, 2.75) is 58.7 Å². The molecule has 1 N–H and O–H groups in total. The van der Waals surface area contributed by atoms with Crippen molar-refractivity contribution in [1.29, 1.82) is 0 Å². The standard InChI is InChI=1S/C35H41N7O3Si/c1-24-15-16-41-31(24)35(43)42(28-12-8-7-9-13-28)33(39-41)25(2)38-32-30-27(19-26-11-10-14-29(20-26)44-3)21-40(34(30)37-22-36-32)23-45-17-18-46(4,5)6/h7-16,20-22,25H,17-19,23H2,1-6H3,(H,36,37,38). The van der Waals surface area contributed by atoms with Gasteiger partial charge < -0.3 is 19.4 Å². The van der Waals surface area contributed by atoms with Crippen molar-refractivity contribution in [3.8, 4) is 11.4 Å². The number of nitrogens with zero attached hydrogens (tertiary/aromatic N) is 6. The van der Waals surface area contributed by atoms with Crippen molar-refractivity contribution in [3.05, 3.63) is 112 Å². The van der Waals surface area contributed by atoms with E-state index in [1.54, 1.807) is 22.5 Å². The van der Waals surface area contributed by atoms with Gasteiger partial charge in [0.15, 0.2) is 5.82 Å². The van der Waals surface area contributed by atoms with Crippen molar-refractivity contribution in [3.63, 3.8) is 0 Å². The van der Waals surface area contributed by atoms with Crippen LogP contribution in [0.25, 0.3) is 22.2 Å². The maximum Gasteiger partial charge on any atom is 0.282 e. The van der Waals surface area contributed by atoms with E-state index in [1.165, 1.54) is 0 Å². The summed E-state index contributed by atoms with van der Waals surface area (Å²) >= 11 is 0. The predicted molar refractivity (Wildman–Crippen MR) is 185 cm³/mol. The highest BCUT2D eigenvalue weighted by atomic mass is 28.3. The minimum Gasteiger partial charge on any atom is -0.497 e. The summed E-state index contributed by atoms with van der Waals surface area (Å²) in [6.45, 7) is 12.1. The molecule has 4 heterocycles. The lowest BCUT2D eigenvalue weighted by Crippen LogP contribution is -2.29. The summed E-state index contributed by atoms with van der Waals surface area (Å²) in [5.74, 6) is 2.03. The Hall–Kier alpha value is -4.74. The van der Waals surface area contributed by atoms with Gasteiger partial charge in [-0.15, -0.1) is 0 Å². The van der Waals surface area contributed by atoms with Crippen molar-refractivity contribution in [1.82, 2.24) is 28.7 Å². The molecule has 11 heteroatoms. The first-order valence-corrected chi connectivity index (χ1v) is 19.3. The highest BCUT2D eigenvalue weighted by Crippen LogP contribution is 2.31. The fourth-order valence-corrected chi connectivity index (χ4v) is 6.45. The first-order valence-electron chi connectivity index (χ1n) is 15.6. The summed E-state index contributed by atoms with van der Waals surface area (Å²) in [5, 5.41) is 9.43. The Bertz CT molecular complexity index is 2040. The molecule has 0 aliphatic rings. The third-order valence-electron chi connectivity index (χ3n) is 8.16. The Labute approximate surface area is 269 Å². The largest absolute Gasteiger partial charge is 0.497 e. The van der Waals surface area contributed by atoms with Gasteiger partial charge in [0.2, 0.25) is 0 Å². The number of fused-ring (bicyclic) bond motifs is 2. The number of hydrogen-bond donors (Lipinski definition) is 1. The highest BCUT2D eigenvalue weighted by molar-refractivity contribution is 6.76. The lowest BCUT2D eigenvalue weighted by atomic mass is 10.0. The van der Waals surface area contributed by atoms with E-state index < -0.39 is 8.07 Å². The number of methoxy groups -OCH3 is 1. The van der Waals surface area contributed by atoms with Crippen LogP contribution in [0.1, 0.15) is 35.5 Å². The molecule has 0 fully saturated rings. The van der Waals surface area contributed by atoms with Gasteiger partial charge >= 0.3 is 0 Å². The molecule has 0 amide bonds. The molecule has 0 aliphatic heterocycles. The smallest absolute Gasteiger partial charge is 0.282 e. The summed E-state index contributed by atoms with van der Waals surface area (Å²) in [6, 6.07) is 20.3. The number of aromatic nitrogens is 6. The molecule has 238 valence electrons. The maximum absolute atomic E-state index is 13.9. The van der Waals surface area contributed by atoms with Gasteiger partial charge in [-0.05, 0) is 73.3 Å². The summed E-state index contributed by atoms with van der Waals surface area (Å²) in [7, 11) is 0.450. The number of benzene rings is 2. The van der Waals surface area contributed by atoms with Crippen LogP contribution in [0, 0.1) is 6.92 Å². The zero-order valence-corrected chi connectivity index (χ0v) is 28.3. The molecule has 0 saturated carbocycles. The van der Waals surface area contributed by atoms with E-state index >= 15 is 0 Å². The molecule has 2 aromatic carbocycles. The van der Waals surface area contributed by atoms with Crippen LogP contribution in [0.4, 0.5) is 5.82 Å². The van der Waals surface area contributed by atoms with Crippen LogP contribution in [0.2, 0.25) is 25.7 Å². The maximum atomic E-state index is 13.9. The van der Waals surface area contributed by atoms with Crippen molar-refractivity contribution in [2.75, 3.05) is 19.0 Å². The molecule has 0 bridgehead atoms. The second-order valence-corrected chi connectivity index (χ2v) is 18.5. The lowest BCUT2D eigenvalue weighted by Gasteiger charge is -2.20. The number of hydrogen-bond acceptors (Lipinski definition) is 7. The number of anilines is 1. The van der Waals surface area contributed by atoms with E-state index in [4.69, 9.17) is 24.5 Å². The van der Waals surface area contributed by atoms with Gasteiger partial charge in [0.1, 0.15) is 35.8 Å². The van der Waals surface area contributed by atoms with Crippen LogP contribution < -0.4 is 15.6 Å². The lowest BCUT2D eigenvalue weighted by molar-refractivity contribution is 0.0898. The number of para-hydroxylation sites is 1. The second kappa shape index (κ2) is 12.9. The van der Waals surface area contributed by atoms with Gasteiger partial charge in [-0.25, -0.2) is 14.5 Å². The zero-order chi connectivity index (χ0) is 32.4. The minimum atomic E-state index is -1.23. The Morgan fingerprint density at radius 3 is 2.59 bits per heavy atom. The Morgan fingerprint density at radius 2 is 1.83 bits per heavy atom. The first-order chi connectivity index (χ1) is 22.1. The van der Waals surface area contributed by atoms with Gasteiger partial charge in [-0.2, -0.15) is 5.10 Å². The molecule has 0 radical (unpaired) electrons. The molecular weight excluding hydrogens is 595 g/mol. The van der Waals surface area contributed by atoms with Crippen LogP contribution in [0.3, 0.4) is 0 Å². The second-order valence-electron chi connectivity index (χ2n) is 12.9. The van der Waals surface area contributed by atoms with Crippen molar-refractivity contribution < 1.29 is 9.47 Å². The van der Waals surface area contributed by atoms with E-state index in [1.807, 2.05) is 74.6 Å². The SMILES string of the molecule is COc1cccc(Cc2cn(COCC[Si](C)(C)C)c3ncnc(NC(C)c4nn5ccc(C)c5c(=O)n4-c4ccccc4)c23)c1. The summed E-state index contributed by atoms with van der Waals surface area (Å²) in [6.07, 6.45) is 6.15. The van der Waals surface area contributed by atoms with Crippen molar-refractivity contribution >= 4 is 30.4 Å². The molecular formula is C35H41N7O3Si. The molecule has 6 rings (SSSR count). The molecule has 10 nitrogen and oxygen atoms in total. The fourth-order valence-electron chi connectivity index (χ4n) is 5.70. The highest BCUT2D eigenvalue weighted by Gasteiger charge is 2.23. The first kappa shape index (κ1) is 31.2. The Kier molecular flexibility index (Phi) is 8.79. The topological polar surface area (TPSA) is 100 Å². The number of nitrogens with one attached hydrogen (secondary N) is 1. The summed E-state index contributed by atoms with van der Waals surface area (Å²) < 4.78 is 17.1. The average Bonchev–Trinajstić information content (AvgIpc) is 3.59.